The highest BCUT2D eigenvalue weighted by molar-refractivity contribution is 7.89. The van der Waals surface area contributed by atoms with Crippen LogP contribution in [0.4, 0.5) is 0 Å². The first kappa shape index (κ1) is 14.1. The van der Waals surface area contributed by atoms with Gasteiger partial charge in [0.2, 0.25) is 10.0 Å². The molecule has 0 saturated carbocycles. The number of amidine groups is 1. The Morgan fingerprint density at radius 2 is 2.16 bits per heavy atom. The Morgan fingerprint density at radius 1 is 1.47 bits per heavy atom. The molecule has 3 N–H and O–H groups in total. The molecule has 0 bridgehead atoms. The molecule has 1 unspecified atom stereocenters. The predicted octanol–water partition coefficient (Wildman–Crippen LogP) is 1.24. The first-order valence-electron chi connectivity index (χ1n) is 5.72. The molecule has 1 saturated heterocycles. The summed E-state index contributed by atoms with van der Waals surface area (Å²) < 4.78 is 26.3. The molecule has 1 aromatic carbocycles. The quantitative estimate of drug-likeness (QED) is 0.380. The van der Waals surface area contributed by atoms with Gasteiger partial charge in [-0.25, -0.2) is 8.42 Å². The minimum absolute atomic E-state index is 0.0364. The van der Waals surface area contributed by atoms with Crippen LogP contribution in [0, 0.1) is 0 Å². The second kappa shape index (κ2) is 5.36. The minimum atomic E-state index is -3.74. The lowest BCUT2D eigenvalue weighted by Gasteiger charge is -2.23. The van der Waals surface area contributed by atoms with Crippen molar-refractivity contribution < 1.29 is 13.6 Å². The number of nitrogens with zero attached hydrogens (tertiary/aromatic N) is 2. The average Bonchev–Trinajstić information content (AvgIpc) is 2.88. The molecule has 104 valence electrons. The van der Waals surface area contributed by atoms with Crippen LogP contribution in [-0.2, 0) is 10.0 Å². The zero-order chi connectivity index (χ0) is 14.0. The number of hydrogen-bond acceptors (Lipinski definition) is 4. The zero-order valence-electron chi connectivity index (χ0n) is 10.0. The smallest absolute Gasteiger partial charge is 0.245 e. The average molecular weight is 304 g/mol. The number of oxime groups is 1. The molecule has 19 heavy (non-hydrogen) atoms. The number of sulfonamides is 1. The predicted molar refractivity (Wildman–Crippen MR) is 71.8 cm³/mol. The molecule has 1 aliphatic heterocycles. The van der Waals surface area contributed by atoms with E-state index in [1.165, 1.54) is 16.4 Å². The maximum Gasteiger partial charge on any atom is 0.245 e. The molecule has 1 heterocycles. The summed E-state index contributed by atoms with van der Waals surface area (Å²) in [6.07, 6.45) is 1.18. The van der Waals surface area contributed by atoms with E-state index in [2.05, 4.69) is 5.16 Å². The second-order valence-electron chi connectivity index (χ2n) is 4.23. The van der Waals surface area contributed by atoms with Crippen LogP contribution in [0.25, 0.3) is 0 Å². The molecule has 1 atom stereocenters. The molecule has 0 aromatic heterocycles. The second-order valence-corrected chi connectivity index (χ2v) is 6.50. The molecule has 2 rings (SSSR count). The lowest BCUT2D eigenvalue weighted by molar-refractivity contribution is 0.311. The first-order chi connectivity index (χ1) is 8.98. The van der Waals surface area contributed by atoms with Gasteiger partial charge in [-0.05, 0) is 25.0 Å². The SMILES string of the molecule is NC(=NO)C1CCCN1S(=O)(=O)c1ccccc1Cl. The number of rotatable bonds is 3. The maximum absolute atomic E-state index is 12.5. The van der Waals surface area contributed by atoms with E-state index in [1.54, 1.807) is 12.1 Å². The van der Waals surface area contributed by atoms with Crippen LogP contribution in [0.1, 0.15) is 12.8 Å². The Kier molecular flexibility index (Phi) is 3.98. The molecule has 1 aromatic rings. The minimum Gasteiger partial charge on any atom is -0.409 e. The normalized spacial score (nSPS) is 21.7. The van der Waals surface area contributed by atoms with Crippen LogP contribution >= 0.6 is 11.6 Å². The van der Waals surface area contributed by atoms with Crippen LogP contribution < -0.4 is 5.73 Å². The van der Waals surface area contributed by atoms with E-state index >= 15 is 0 Å². The van der Waals surface area contributed by atoms with Gasteiger partial charge in [0.15, 0.2) is 5.84 Å². The fourth-order valence-electron chi connectivity index (χ4n) is 2.17. The van der Waals surface area contributed by atoms with Gasteiger partial charge in [0.05, 0.1) is 11.1 Å². The number of hydrogen-bond donors (Lipinski definition) is 2. The molecule has 1 aliphatic rings. The third-order valence-electron chi connectivity index (χ3n) is 3.08. The van der Waals surface area contributed by atoms with Crippen LogP contribution in [0.3, 0.4) is 0 Å². The molecule has 1 fully saturated rings. The Morgan fingerprint density at radius 3 is 2.79 bits per heavy atom. The summed E-state index contributed by atoms with van der Waals surface area (Å²) in [6.45, 7) is 0.328. The van der Waals surface area contributed by atoms with Gasteiger partial charge in [-0.15, -0.1) is 0 Å². The van der Waals surface area contributed by atoms with Crippen molar-refractivity contribution in [3.05, 3.63) is 29.3 Å². The first-order valence-corrected chi connectivity index (χ1v) is 7.54. The monoisotopic (exact) mass is 303 g/mol. The van der Waals surface area contributed by atoms with Crippen molar-refractivity contribution in [2.75, 3.05) is 6.54 Å². The molecular weight excluding hydrogens is 290 g/mol. The van der Waals surface area contributed by atoms with E-state index in [9.17, 15) is 8.42 Å². The van der Waals surface area contributed by atoms with Crippen molar-refractivity contribution >= 4 is 27.5 Å². The van der Waals surface area contributed by atoms with E-state index in [0.717, 1.165) is 0 Å². The van der Waals surface area contributed by atoms with Crippen molar-refractivity contribution in [2.45, 2.75) is 23.8 Å². The van der Waals surface area contributed by atoms with Crippen molar-refractivity contribution in [3.63, 3.8) is 0 Å². The largest absolute Gasteiger partial charge is 0.409 e. The number of benzene rings is 1. The van der Waals surface area contributed by atoms with E-state index in [4.69, 9.17) is 22.5 Å². The molecule has 8 heteroatoms. The highest BCUT2D eigenvalue weighted by Gasteiger charge is 2.38. The van der Waals surface area contributed by atoms with Crippen LogP contribution in [0.15, 0.2) is 34.3 Å². The van der Waals surface area contributed by atoms with Gasteiger partial charge in [0.25, 0.3) is 0 Å². The topological polar surface area (TPSA) is 96.0 Å². The summed E-state index contributed by atoms with van der Waals surface area (Å²) in [5, 5.41) is 11.8. The maximum atomic E-state index is 12.5. The standard InChI is InChI=1S/C11H14ClN3O3S/c12-8-4-1-2-6-10(8)19(17,18)15-7-3-5-9(15)11(13)14-16/h1-2,4,6,9,16H,3,5,7H2,(H2,13,14). The van der Waals surface area contributed by atoms with Crippen molar-refractivity contribution in [3.8, 4) is 0 Å². The summed E-state index contributed by atoms with van der Waals surface area (Å²) in [5.74, 6) is -0.104. The van der Waals surface area contributed by atoms with Gasteiger partial charge < -0.3 is 10.9 Å². The van der Waals surface area contributed by atoms with Crippen molar-refractivity contribution in [1.82, 2.24) is 4.31 Å². The molecule has 6 nitrogen and oxygen atoms in total. The summed E-state index contributed by atoms with van der Waals surface area (Å²) in [5.41, 5.74) is 5.54. The fourth-order valence-corrected chi connectivity index (χ4v) is 4.33. The van der Waals surface area contributed by atoms with Crippen molar-refractivity contribution in [2.24, 2.45) is 10.9 Å². The summed E-state index contributed by atoms with van der Waals surface area (Å²) in [6, 6.07) is 5.61. The van der Waals surface area contributed by atoms with E-state index in [-0.39, 0.29) is 15.8 Å². The molecule has 0 spiro atoms. The fraction of sp³-hybridized carbons (Fsp3) is 0.364. The lowest BCUT2D eigenvalue weighted by Crippen LogP contribution is -2.43. The van der Waals surface area contributed by atoms with Gasteiger partial charge in [0, 0.05) is 6.54 Å². The summed E-state index contributed by atoms with van der Waals surface area (Å²) >= 11 is 5.93. The summed E-state index contributed by atoms with van der Waals surface area (Å²) in [4.78, 5) is 0.0364. The number of halogens is 1. The zero-order valence-corrected chi connectivity index (χ0v) is 11.6. The van der Waals surface area contributed by atoms with Crippen LogP contribution in [0.2, 0.25) is 5.02 Å². The Hall–Kier alpha value is -1.31. The van der Waals surface area contributed by atoms with Gasteiger partial charge in [0.1, 0.15) is 4.90 Å². The highest BCUT2D eigenvalue weighted by Crippen LogP contribution is 2.29. The Bertz CT molecular complexity index is 603. The third kappa shape index (κ3) is 2.54. The van der Waals surface area contributed by atoms with Gasteiger partial charge in [-0.2, -0.15) is 4.31 Å². The van der Waals surface area contributed by atoms with Crippen LogP contribution in [0.5, 0.6) is 0 Å². The van der Waals surface area contributed by atoms with Gasteiger partial charge in [-0.1, -0.05) is 28.9 Å². The highest BCUT2D eigenvalue weighted by atomic mass is 35.5. The van der Waals surface area contributed by atoms with Gasteiger partial charge in [-0.3, -0.25) is 0 Å². The molecule has 0 amide bonds. The lowest BCUT2D eigenvalue weighted by atomic mass is 10.2. The molecule has 0 aliphatic carbocycles. The van der Waals surface area contributed by atoms with Crippen LogP contribution in [-0.4, -0.2) is 36.4 Å². The Labute approximate surface area is 116 Å². The van der Waals surface area contributed by atoms with Crippen molar-refractivity contribution in [1.29, 1.82) is 0 Å². The van der Waals surface area contributed by atoms with E-state index in [1.807, 2.05) is 0 Å². The number of nitrogens with two attached hydrogens (primary N) is 1. The van der Waals surface area contributed by atoms with E-state index in [0.29, 0.717) is 19.4 Å². The van der Waals surface area contributed by atoms with E-state index < -0.39 is 16.1 Å². The summed E-state index contributed by atoms with van der Waals surface area (Å²) in [7, 11) is -3.74. The molecular formula is C11H14ClN3O3S. The van der Waals surface area contributed by atoms with Gasteiger partial charge >= 0.3 is 0 Å². The third-order valence-corrected chi connectivity index (χ3v) is 5.49. The molecule has 0 radical (unpaired) electrons. The Balaban J connectivity index is 2.43.